The first kappa shape index (κ1) is 12.8. The van der Waals surface area contributed by atoms with E-state index in [0.717, 1.165) is 0 Å². The average molecular weight is 250 g/mol. The average Bonchev–Trinajstić information content (AvgIpc) is 2.40. The number of rotatable bonds is 4. The SMILES string of the molecule is COC1(OC)CC(C(=O)N=O)(c2cccnc2)C1. The Kier molecular flexibility index (Phi) is 3.23. The van der Waals surface area contributed by atoms with E-state index in [-0.39, 0.29) is 12.8 Å². The molecule has 0 aliphatic heterocycles. The molecule has 1 heterocycles. The molecule has 96 valence electrons. The van der Waals surface area contributed by atoms with Gasteiger partial charge in [-0.25, -0.2) is 0 Å². The number of ether oxygens (including phenoxy) is 2. The Balaban J connectivity index is 2.36. The molecule has 1 saturated carbocycles. The van der Waals surface area contributed by atoms with Gasteiger partial charge in [-0.05, 0) is 11.6 Å². The number of methoxy groups -OCH3 is 2. The molecule has 0 aromatic carbocycles. The molecule has 1 fully saturated rings. The maximum Gasteiger partial charge on any atom is 0.297 e. The molecule has 0 unspecified atom stereocenters. The molecule has 18 heavy (non-hydrogen) atoms. The maximum absolute atomic E-state index is 11.8. The minimum absolute atomic E-state index is 0.267. The number of amides is 1. The molecule has 1 aliphatic rings. The van der Waals surface area contributed by atoms with E-state index in [9.17, 15) is 9.70 Å². The molecular weight excluding hydrogens is 236 g/mol. The number of nitrogens with zero attached hydrogens (tertiary/aromatic N) is 2. The van der Waals surface area contributed by atoms with E-state index in [4.69, 9.17) is 9.47 Å². The second-order valence-electron chi connectivity index (χ2n) is 4.39. The minimum atomic E-state index is -0.970. The van der Waals surface area contributed by atoms with Crippen LogP contribution in [0.25, 0.3) is 0 Å². The first-order chi connectivity index (χ1) is 8.62. The van der Waals surface area contributed by atoms with Crippen LogP contribution in [0.3, 0.4) is 0 Å². The van der Waals surface area contributed by atoms with Gasteiger partial charge >= 0.3 is 0 Å². The molecule has 0 N–H and O–H groups in total. The Labute approximate surface area is 104 Å². The van der Waals surface area contributed by atoms with E-state index >= 15 is 0 Å². The Bertz CT molecular complexity index is 448. The van der Waals surface area contributed by atoms with E-state index in [0.29, 0.717) is 5.56 Å². The van der Waals surface area contributed by atoms with Crippen LogP contribution in [-0.4, -0.2) is 30.9 Å². The Hall–Kier alpha value is -1.66. The number of carbonyl (C=O) groups is 1. The van der Waals surface area contributed by atoms with Gasteiger partial charge < -0.3 is 9.47 Å². The fraction of sp³-hybridized carbons (Fsp3) is 0.500. The topological polar surface area (TPSA) is 77.9 Å². The van der Waals surface area contributed by atoms with Crippen LogP contribution >= 0.6 is 0 Å². The lowest BCUT2D eigenvalue weighted by atomic mass is 9.60. The third kappa shape index (κ3) is 1.74. The summed E-state index contributed by atoms with van der Waals surface area (Å²) in [4.78, 5) is 26.4. The first-order valence-electron chi connectivity index (χ1n) is 5.51. The zero-order valence-electron chi connectivity index (χ0n) is 10.3. The van der Waals surface area contributed by atoms with Gasteiger partial charge in [-0.1, -0.05) is 6.07 Å². The minimum Gasteiger partial charge on any atom is -0.353 e. The third-order valence-electron chi connectivity index (χ3n) is 3.59. The summed E-state index contributed by atoms with van der Waals surface area (Å²) < 4.78 is 10.5. The van der Waals surface area contributed by atoms with E-state index in [2.05, 4.69) is 10.2 Å². The van der Waals surface area contributed by atoms with E-state index in [1.165, 1.54) is 14.2 Å². The lowest BCUT2D eigenvalue weighted by molar-refractivity contribution is -0.274. The Morgan fingerprint density at radius 2 is 2.06 bits per heavy atom. The highest BCUT2D eigenvalue weighted by atomic mass is 16.7. The smallest absolute Gasteiger partial charge is 0.297 e. The van der Waals surface area contributed by atoms with Crippen LogP contribution in [0.1, 0.15) is 18.4 Å². The largest absolute Gasteiger partial charge is 0.353 e. The zero-order chi connectivity index (χ0) is 13.2. The lowest BCUT2D eigenvalue weighted by Gasteiger charge is -2.51. The molecule has 2 rings (SSSR count). The summed E-state index contributed by atoms with van der Waals surface area (Å²) in [5.41, 5.74) is -0.304. The fourth-order valence-electron chi connectivity index (χ4n) is 2.45. The summed E-state index contributed by atoms with van der Waals surface area (Å²) in [5, 5.41) is 2.57. The summed E-state index contributed by atoms with van der Waals surface area (Å²) >= 11 is 0. The van der Waals surface area contributed by atoms with Crippen LogP contribution in [0.15, 0.2) is 29.7 Å². The highest BCUT2D eigenvalue weighted by molar-refractivity contribution is 5.90. The highest BCUT2D eigenvalue weighted by Crippen LogP contribution is 2.53. The predicted octanol–water partition coefficient (Wildman–Crippen LogP) is 1.40. The molecule has 0 spiro atoms. The highest BCUT2D eigenvalue weighted by Gasteiger charge is 2.61. The standard InChI is InChI=1S/C12H14N2O4/c1-17-12(18-2)7-11(8-12,10(15)14-16)9-4-3-5-13-6-9/h3-6H,7-8H2,1-2H3. The van der Waals surface area contributed by atoms with Crippen molar-refractivity contribution in [1.82, 2.24) is 4.98 Å². The van der Waals surface area contributed by atoms with Crippen molar-refractivity contribution in [3.8, 4) is 0 Å². The predicted molar refractivity (Wildman–Crippen MR) is 62.7 cm³/mol. The first-order valence-corrected chi connectivity index (χ1v) is 5.51. The van der Waals surface area contributed by atoms with Crippen molar-refractivity contribution < 1.29 is 14.3 Å². The number of carbonyl (C=O) groups excluding carboxylic acids is 1. The van der Waals surface area contributed by atoms with Gasteiger partial charge in [0.15, 0.2) is 5.79 Å². The fourth-order valence-corrected chi connectivity index (χ4v) is 2.45. The van der Waals surface area contributed by atoms with Gasteiger partial charge in [0.1, 0.15) is 0 Å². The van der Waals surface area contributed by atoms with E-state index in [1.54, 1.807) is 24.5 Å². The Morgan fingerprint density at radius 1 is 1.39 bits per heavy atom. The maximum atomic E-state index is 11.8. The van der Waals surface area contributed by atoms with Crippen LogP contribution in [0.4, 0.5) is 0 Å². The van der Waals surface area contributed by atoms with Gasteiger partial charge in [-0.3, -0.25) is 9.78 Å². The summed E-state index contributed by atoms with van der Waals surface area (Å²) in [6, 6.07) is 3.47. The van der Waals surface area contributed by atoms with Crippen molar-refractivity contribution in [3.05, 3.63) is 35.0 Å². The quantitative estimate of drug-likeness (QED) is 0.596. The van der Waals surface area contributed by atoms with Crippen LogP contribution in [0.2, 0.25) is 0 Å². The molecule has 0 atom stereocenters. The summed E-state index contributed by atoms with van der Waals surface area (Å²) in [6.45, 7) is 0. The van der Waals surface area contributed by atoms with Crippen molar-refractivity contribution in [2.45, 2.75) is 24.0 Å². The summed E-state index contributed by atoms with van der Waals surface area (Å²) in [5.74, 6) is -1.53. The molecule has 6 nitrogen and oxygen atoms in total. The molecule has 1 aliphatic carbocycles. The normalized spacial score (nSPS) is 19.9. The van der Waals surface area contributed by atoms with Gasteiger partial charge in [0.2, 0.25) is 0 Å². The van der Waals surface area contributed by atoms with Crippen LogP contribution < -0.4 is 0 Å². The van der Waals surface area contributed by atoms with Gasteiger partial charge in [0.05, 0.1) is 5.41 Å². The number of nitroso groups, excluding NO2 is 1. The molecule has 0 saturated heterocycles. The van der Waals surface area contributed by atoms with Crippen molar-refractivity contribution >= 4 is 5.91 Å². The summed E-state index contributed by atoms with van der Waals surface area (Å²) in [6.07, 6.45) is 3.71. The van der Waals surface area contributed by atoms with Crippen molar-refractivity contribution in [1.29, 1.82) is 0 Å². The second kappa shape index (κ2) is 4.55. The van der Waals surface area contributed by atoms with Crippen molar-refractivity contribution in [2.75, 3.05) is 14.2 Å². The van der Waals surface area contributed by atoms with E-state index < -0.39 is 17.1 Å². The van der Waals surface area contributed by atoms with Crippen molar-refractivity contribution in [2.24, 2.45) is 5.18 Å². The van der Waals surface area contributed by atoms with Crippen LogP contribution in [0.5, 0.6) is 0 Å². The number of hydrogen-bond acceptors (Lipinski definition) is 5. The second-order valence-corrected chi connectivity index (χ2v) is 4.39. The molecule has 6 heteroatoms. The molecule has 1 amide bonds. The molecule has 0 radical (unpaired) electrons. The molecular formula is C12H14N2O4. The number of pyridine rings is 1. The van der Waals surface area contributed by atoms with Crippen LogP contribution in [-0.2, 0) is 19.7 Å². The lowest BCUT2D eigenvalue weighted by Crippen LogP contribution is -2.60. The third-order valence-corrected chi connectivity index (χ3v) is 3.59. The molecule has 0 bridgehead atoms. The van der Waals surface area contributed by atoms with Gasteiger partial charge in [0, 0.05) is 44.6 Å². The number of hydrogen-bond donors (Lipinski definition) is 0. The van der Waals surface area contributed by atoms with Crippen molar-refractivity contribution in [3.63, 3.8) is 0 Å². The summed E-state index contributed by atoms with van der Waals surface area (Å²) in [7, 11) is 3.02. The molecule has 1 aromatic rings. The molecule has 1 aromatic heterocycles. The van der Waals surface area contributed by atoms with Gasteiger partial charge in [-0.2, -0.15) is 0 Å². The number of aromatic nitrogens is 1. The van der Waals surface area contributed by atoms with Crippen LogP contribution in [0, 0.1) is 4.91 Å². The van der Waals surface area contributed by atoms with Gasteiger partial charge in [0.25, 0.3) is 5.91 Å². The Morgan fingerprint density at radius 3 is 2.50 bits per heavy atom. The van der Waals surface area contributed by atoms with Gasteiger partial charge in [-0.15, -0.1) is 4.91 Å². The van der Waals surface area contributed by atoms with E-state index in [1.807, 2.05) is 0 Å². The monoisotopic (exact) mass is 250 g/mol. The zero-order valence-corrected chi connectivity index (χ0v) is 10.3.